The lowest BCUT2D eigenvalue weighted by molar-refractivity contribution is -0.134. The summed E-state index contributed by atoms with van der Waals surface area (Å²) in [6.45, 7) is 8.84. The van der Waals surface area contributed by atoms with E-state index in [2.05, 4.69) is 26.8 Å². The van der Waals surface area contributed by atoms with Crippen LogP contribution in [0.3, 0.4) is 0 Å². The van der Waals surface area contributed by atoms with Crippen molar-refractivity contribution in [2.75, 3.05) is 5.88 Å². The molecule has 4 aliphatic rings. The van der Waals surface area contributed by atoms with E-state index < -0.39 is 0 Å². The van der Waals surface area contributed by atoms with Crippen LogP contribution in [-0.2, 0) is 9.59 Å². The first-order chi connectivity index (χ1) is 14.6. The molecule has 174 valence electrons. The molecule has 3 fully saturated rings. The number of halogens is 1. The zero-order valence-corrected chi connectivity index (χ0v) is 20.6. The molecule has 1 N–H and O–H groups in total. The van der Waals surface area contributed by atoms with Crippen LogP contribution in [0.4, 0.5) is 0 Å². The Hall–Kier alpha value is -0.670. The van der Waals surface area contributed by atoms with Gasteiger partial charge in [0.1, 0.15) is 11.6 Å². The standard InChI is InChI=1S/C27H41ClO3/c1-16(15-28)5-8-23(30)17(2)25-24(31)14-22-20-7-6-18-13-19(29)9-11-26(18,3)21(20)10-12-27(22,25)4/h6,16-17,19-22,25,29H,5,7-15H2,1-4H3/t16-,17-,19+,20-,21+,22+,25+,26+,27+/m1/s1. The number of Topliss-reactive ketones (excluding diaryl/α,β-unsaturated/α-hetero) is 2. The Morgan fingerprint density at radius 2 is 1.94 bits per heavy atom. The van der Waals surface area contributed by atoms with Crippen molar-refractivity contribution in [2.24, 2.45) is 46.3 Å². The van der Waals surface area contributed by atoms with Gasteiger partial charge < -0.3 is 5.11 Å². The minimum Gasteiger partial charge on any atom is -0.393 e. The molecule has 0 aliphatic heterocycles. The number of carbonyl (C=O) groups is 2. The minimum atomic E-state index is -0.185. The number of hydrogen-bond donors (Lipinski definition) is 1. The highest BCUT2D eigenvalue weighted by Crippen LogP contribution is 2.66. The van der Waals surface area contributed by atoms with E-state index in [1.165, 1.54) is 5.57 Å². The van der Waals surface area contributed by atoms with Gasteiger partial charge in [0.15, 0.2) is 0 Å². The van der Waals surface area contributed by atoms with Gasteiger partial charge in [-0.05, 0) is 79.4 Å². The van der Waals surface area contributed by atoms with E-state index in [9.17, 15) is 14.7 Å². The Balaban J connectivity index is 1.54. The number of carbonyl (C=O) groups excluding carboxylic acids is 2. The number of ketones is 2. The van der Waals surface area contributed by atoms with Crippen LogP contribution in [0.2, 0.25) is 0 Å². The second-order valence-electron chi connectivity index (χ2n) is 11.9. The van der Waals surface area contributed by atoms with Gasteiger partial charge in [-0.2, -0.15) is 0 Å². The van der Waals surface area contributed by atoms with Crippen LogP contribution in [-0.4, -0.2) is 28.7 Å². The van der Waals surface area contributed by atoms with Gasteiger partial charge in [0.05, 0.1) is 6.10 Å². The van der Waals surface area contributed by atoms with Gasteiger partial charge in [-0.15, -0.1) is 11.6 Å². The molecule has 0 unspecified atom stereocenters. The summed E-state index contributed by atoms with van der Waals surface area (Å²) < 4.78 is 0. The third kappa shape index (κ3) is 3.86. The Bertz CT molecular complexity index is 760. The fourth-order valence-corrected chi connectivity index (χ4v) is 8.36. The zero-order valence-electron chi connectivity index (χ0n) is 19.8. The molecule has 3 saturated carbocycles. The largest absolute Gasteiger partial charge is 0.393 e. The molecular formula is C27H41ClO3. The molecule has 4 rings (SSSR count). The monoisotopic (exact) mass is 448 g/mol. The molecule has 0 amide bonds. The average Bonchev–Trinajstić information content (AvgIpc) is 3.01. The SMILES string of the molecule is C[C@@H](CCl)CCC(=O)[C@@H](C)[C@H]1C(=O)C[C@H]2[C@@H]3CC=C4C[C@@H](O)CC[C@]4(C)[C@H]3CC[C@]12C. The lowest BCUT2D eigenvalue weighted by atomic mass is 9.47. The van der Waals surface area contributed by atoms with Gasteiger partial charge in [-0.25, -0.2) is 0 Å². The highest BCUT2D eigenvalue weighted by atomic mass is 35.5. The Morgan fingerprint density at radius 1 is 1.19 bits per heavy atom. The number of alkyl halides is 1. The molecule has 4 aliphatic carbocycles. The van der Waals surface area contributed by atoms with E-state index in [0.29, 0.717) is 48.2 Å². The molecule has 31 heavy (non-hydrogen) atoms. The second-order valence-corrected chi connectivity index (χ2v) is 12.2. The van der Waals surface area contributed by atoms with Crippen molar-refractivity contribution in [3.8, 4) is 0 Å². The summed E-state index contributed by atoms with van der Waals surface area (Å²) in [5, 5.41) is 10.2. The molecule has 0 aromatic rings. The van der Waals surface area contributed by atoms with Crippen molar-refractivity contribution in [1.82, 2.24) is 0 Å². The Morgan fingerprint density at radius 3 is 2.65 bits per heavy atom. The topological polar surface area (TPSA) is 54.4 Å². The van der Waals surface area contributed by atoms with Gasteiger partial charge >= 0.3 is 0 Å². The average molecular weight is 449 g/mol. The summed E-state index contributed by atoms with van der Waals surface area (Å²) in [5.74, 6) is 2.74. The van der Waals surface area contributed by atoms with Crippen molar-refractivity contribution in [3.63, 3.8) is 0 Å². The zero-order chi connectivity index (χ0) is 22.6. The summed E-state index contributed by atoms with van der Waals surface area (Å²) in [4.78, 5) is 26.4. The van der Waals surface area contributed by atoms with Crippen molar-refractivity contribution in [3.05, 3.63) is 11.6 Å². The molecule has 0 bridgehead atoms. The summed E-state index contributed by atoms with van der Waals surface area (Å²) >= 11 is 5.93. The highest BCUT2D eigenvalue weighted by Gasteiger charge is 2.62. The van der Waals surface area contributed by atoms with Crippen LogP contribution in [0.1, 0.15) is 85.5 Å². The summed E-state index contributed by atoms with van der Waals surface area (Å²) in [6, 6.07) is 0. The second kappa shape index (κ2) is 8.60. The van der Waals surface area contributed by atoms with Crippen molar-refractivity contribution in [1.29, 1.82) is 0 Å². The van der Waals surface area contributed by atoms with Gasteiger partial charge in [0.25, 0.3) is 0 Å². The molecular weight excluding hydrogens is 408 g/mol. The smallest absolute Gasteiger partial charge is 0.137 e. The summed E-state index contributed by atoms with van der Waals surface area (Å²) in [5.41, 5.74) is 1.60. The van der Waals surface area contributed by atoms with Crippen LogP contribution in [0, 0.1) is 46.3 Å². The molecule has 0 heterocycles. The molecule has 0 aromatic heterocycles. The van der Waals surface area contributed by atoms with E-state index in [0.717, 1.165) is 44.9 Å². The van der Waals surface area contributed by atoms with Crippen molar-refractivity contribution < 1.29 is 14.7 Å². The number of rotatable bonds is 6. The predicted molar refractivity (Wildman–Crippen MR) is 125 cm³/mol. The maximum absolute atomic E-state index is 13.3. The van der Waals surface area contributed by atoms with Crippen molar-refractivity contribution >= 4 is 23.2 Å². The highest BCUT2D eigenvalue weighted by molar-refractivity contribution is 6.18. The van der Waals surface area contributed by atoms with Crippen LogP contribution in [0.15, 0.2) is 11.6 Å². The Labute approximate surface area is 193 Å². The van der Waals surface area contributed by atoms with Crippen molar-refractivity contribution in [2.45, 2.75) is 91.6 Å². The van der Waals surface area contributed by atoms with E-state index >= 15 is 0 Å². The quantitative estimate of drug-likeness (QED) is 0.402. The van der Waals surface area contributed by atoms with Crippen LogP contribution in [0.25, 0.3) is 0 Å². The summed E-state index contributed by atoms with van der Waals surface area (Å²) in [6.07, 6.45) is 10.3. The number of aliphatic hydroxyl groups excluding tert-OH is 1. The van der Waals surface area contributed by atoms with E-state index in [4.69, 9.17) is 11.6 Å². The van der Waals surface area contributed by atoms with Gasteiger partial charge in [-0.1, -0.05) is 39.3 Å². The summed E-state index contributed by atoms with van der Waals surface area (Å²) in [7, 11) is 0. The van der Waals surface area contributed by atoms with Gasteiger partial charge in [0, 0.05) is 30.6 Å². The Kier molecular flexibility index (Phi) is 6.51. The first-order valence-corrected chi connectivity index (χ1v) is 13.1. The molecule has 0 spiro atoms. The number of fused-ring (bicyclic) bond motifs is 5. The van der Waals surface area contributed by atoms with Gasteiger partial charge in [0.2, 0.25) is 0 Å². The van der Waals surface area contributed by atoms with Gasteiger partial charge in [-0.3, -0.25) is 9.59 Å². The maximum atomic E-state index is 13.3. The van der Waals surface area contributed by atoms with Crippen LogP contribution in [0.5, 0.6) is 0 Å². The maximum Gasteiger partial charge on any atom is 0.137 e. The lowest BCUT2D eigenvalue weighted by Crippen LogP contribution is -2.51. The van der Waals surface area contributed by atoms with E-state index in [1.54, 1.807) is 0 Å². The van der Waals surface area contributed by atoms with E-state index in [1.807, 2.05) is 6.92 Å². The molecule has 9 atom stereocenters. The number of allylic oxidation sites excluding steroid dienone is 1. The molecule has 3 nitrogen and oxygen atoms in total. The van der Waals surface area contributed by atoms with Crippen LogP contribution < -0.4 is 0 Å². The molecule has 0 saturated heterocycles. The number of aliphatic hydroxyl groups is 1. The minimum absolute atomic E-state index is 0.0543. The normalized spacial score (nSPS) is 44.0. The van der Waals surface area contributed by atoms with Crippen LogP contribution >= 0.6 is 11.6 Å². The molecule has 0 radical (unpaired) electrons. The first-order valence-electron chi connectivity index (χ1n) is 12.6. The molecule has 0 aromatic carbocycles. The number of hydrogen-bond acceptors (Lipinski definition) is 3. The third-order valence-corrected chi connectivity index (χ3v) is 10.7. The molecule has 4 heteroatoms. The van der Waals surface area contributed by atoms with E-state index in [-0.39, 0.29) is 34.6 Å². The fraction of sp³-hybridized carbons (Fsp3) is 0.852. The first kappa shape index (κ1) is 23.5. The third-order valence-electron chi connectivity index (χ3n) is 10.1. The lowest BCUT2D eigenvalue weighted by Gasteiger charge is -2.58. The predicted octanol–water partition coefficient (Wildman–Crippen LogP) is 5.97. The fourth-order valence-electron chi connectivity index (χ4n) is 8.20.